The molecular weight excluding hydrogens is 436 g/mol. The highest BCUT2D eigenvalue weighted by molar-refractivity contribution is 6.21. The van der Waals surface area contributed by atoms with E-state index in [1.54, 1.807) is 0 Å². The first-order valence-electron chi connectivity index (χ1n) is 10.0. The molecule has 0 saturated carbocycles. The van der Waals surface area contributed by atoms with Crippen LogP contribution >= 0.6 is 0 Å². The third-order valence-electron chi connectivity index (χ3n) is 6.03. The van der Waals surface area contributed by atoms with Crippen LogP contribution in [0.3, 0.4) is 0 Å². The number of hydrogen-bond donors (Lipinski definition) is 5. The third-order valence-corrected chi connectivity index (χ3v) is 6.03. The number of fused-ring (bicyclic) bond motifs is 3. The summed E-state index contributed by atoms with van der Waals surface area (Å²) < 4.78 is 10.5. The summed E-state index contributed by atoms with van der Waals surface area (Å²) in [7, 11) is 0. The van der Waals surface area contributed by atoms with Crippen LogP contribution in [-0.4, -0.2) is 57.0 Å². The van der Waals surface area contributed by atoms with Crippen molar-refractivity contribution in [3.63, 3.8) is 0 Å². The van der Waals surface area contributed by atoms with E-state index in [4.69, 9.17) is 15.3 Å². The van der Waals surface area contributed by atoms with Crippen molar-refractivity contribution >= 4 is 23.5 Å². The Bertz CT molecular complexity index is 1210. The van der Waals surface area contributed by atoms with Crippen LogP contribution in [0.5, 0.6) is 5.75 Å². The fourth-order valence-corrected chi connectivity index (χ4v) is 4.77. The molecule has 0 unspecified atom stereocenters. The van der Waals surface area contributed by atoms with Gasteiger partial charge < -0.3 is 29.9 Å². The molecule has 11 heteroatoms. The minimum atomic E-state index is -2.15. The number of ether oxygens (including phenoxy) is 2. The molecule has 0 spiro atoms. The normalized spacial score (nSPS) is 28.4. The second-order valence-electron chi connectivity index (χ2n) is 8.21. The van der Waals surface area contributed by atoms with E-state index in [2.05, 4.69) is 0 Å². The molecule has 11 nitrogen and oxygen atoms in total. The zero-order valence-corrected chi connectivity index (χ0v) is 17.9. The maximum absolute atomic E-state index is 13.5. The highest BCUT2D eigenvalue weighted by Gasteiger charge is 2.60. The van der Waals surface area contributed by atoms with E-state index in [9.17, 15) is 34.8 Å². The number of carbonyl (C=O) groups is 3. The zero-order valence-electron chi connectivity index (χ0n) is 17.9. The molecule has 0 saturated heterocycles. The van der Waals surface area contributed by atoms with Crippen molar-refractivity contribution in [2.24, 2.45) is 5.84 Å². The highest BCUT2D eigenvalue weighted by atomic mass is 16.6. The summed E-state index contributed by atoms with van der Waals surface area (Å²) in [5.41, 5.74) is -2.15. The van der Waals surface area contributed by atoms with Gasteiger partial charge in [0.25, 0.3) is 0 Å². The molecule has 7 N–H and O–H groups in total. The number of aromatic hydroxyl groups is 1. The molecule has 174 valence electrons. The zero-order chi connectivity index (χ0) is 24.4. The molecule has 33 heavy (non-hydrogen) atoms. The molecule has 0 radical (unpaired) electrons. The molecule has 0 aliphatic heterocycles. The molecule has 1 aromatic rings. The van der Waals surface area contributed by atoms with Gasteiger partial charge in [0.1, 0.15) is 17.5 Å². The minimum absolute atomic E-state index is 0.0425. The maximum atomic E-state index is 13.5. The average molecular weight is 458 g/mol. The van der Waals surface area contributed by atoms with Gasteiger partial charge in [-0.1, -0.05) is 17.9 Å². The van der Waals surface area contributed by atoms with E-state index in [-0.39, 0.29) is 39.1 Å². The largest absolute Gasteiger partial charge is 0.872 e. The van der Waals surface area contributed by atoms with E-state index in [0.29, 0.717) is 0 Å². The Kier molecular flexibility index (Phi) is 5.17. The lowest BCUT2D eigenvalue weighted by Crippen LogP contribution is -2.90. The number of phenolic OH excluding ortho intramolecular Hbond substituents is 1. The number of rotatable bonds is 3. The van der Waals surface area contributed by atoms with Crippen molar-refractivity contribution in [2.45, 2.75) is 44.7 Å². The molecule has 4 atom stereocenters. The van der Waals surface area contributed by atoms with Crippen LogP contribution in [0.4, 0.5) is 0 Å². The Labute approximate surface area is 187 Å². The lowest BCUT2D eigenvalue weighted by atomic mass is 9.73. The minimum Gasteiger partial charge on any atom is -0.872 e. The first kappa shape index (κ1) is 22.7. The van der Waals surface area contributed by atoms with Crippen LogP contribution in [0.25, 0.3) is 5.76 Å². The number of allylic oxidation sites excluding steroid dienone is 1. The molecule has 4 rings (SSSR count). The number of hydrogen-bond acceptors (Lipinski definition) is 10. The number of esters is 2. The fourth-order valence-electron chi connectivity index (χ4n) is 4.77. The van der Waals surface area contributed by atoms with Crippen molar-refractivity contribution in [1.29, 1.82) is 0 Å². The molecular formula is C22H22N2O9. The predicted molar refractivity (Wildman–Crippen MR) is 107 cm³/mol. The number of aliphatic hydroxyl groups is 2. The Balaban J connectivity index is 2.07. The summed E-state index contributed by atoms with van der Waals surface area (Å²) in [6, 6.07) is 3.99. The number of carbonyl (C=O) groups excluding carboxylic acids is 3. The van der Waals surface area contributed by atoms with Gasteiger partial charge in [0.15, 0.2) is 17.9 Å². The van der Waals surface area contributed by atoms with Gasteiger partial charge in [-0.25, -0.2) is 5.43 Å². The van der Waals surface area contributed by atoms with Crippen molar-refractivity contribution in [3.05, 3.63) is 57.3 Å². The van der Waals surface area contributed by atoms with Gasteiger partial charge in [0.05, 0.1) is 16.7 Å². The molecule has 3 aliphatic carbocycles. The van der Waals surface area contributed by atoms with E-state index >= 15 is 0 Å². The second-order valence-corrected chi connectivity index (χ2v) is 8.21. The standard InChI is InChI=1S/C22H22N2O9/c1-7(25)32-20-15-13(19(30)21(22(20,3)31)33-8(2)26)12-14(16(15)24-23)18(29)11-9(17(12)28)5-4-6-10(11)27/h4-6,19-21,24,27-28,30-31H,23H2,1-3H3/t19-,20+,21+,22+/m0/s1. The molecule has 0 fully saturated rings. The van der Waals surface area contributed by atoms with Gasteiger partial charge in [-0.2, -0.15) is 5.84 Å². The number of benzene rings is 1. The number of quaternary nitrogens is 1. The van der Waals surface area contributed by atoms with E-state index in [1.807, 2.05) is 0 Å². The number of aliphatic hydroxyl groups excluding tert-OH is 1. The first-order chi connectivity index (χ1) is 15.4. The van der Waals surface area contributed by atoms with Crippen molar-refractivity contribution in [1.82, 2.24) is 0 Å². The summed E-state index contributed by atoms with van der Waals surface area (Å²) in [4.78, 5) is 37.0. The van der Waals surface area contributed by atoms with Crippen molar-refractivity contribution in [3.8, 4) is 5.75 Å². The Morgan fingerprint density at radius 1 is 1.15 bits per heavy atom. The van der Waals surface area contributed by atoms with Gasteiger partial charge in [-0.15, -0.1) is 0 Å². The smallest absolute Gasteiger partial charge is 0.303 e. The Hall–Kier alpha value is -3.51. The first-order valence-corrected chi connectivity index (χ1v) is 10.0. The molecule has 1 aromatic carbocycles. The van der Waals surface area contributed by atoms with E-state index < -0.39 is 53.1 Å². The number of nitrogens with two attached hydrogens (primary N) is 2. The average Bonchev–Trinajstić information content (AvgIpc) is 3.07. The Morgan fingerprint density at radius 2 is 1.79 bits per heavy atom. The van der Waals surface area contributed by atoms with E-state index in [0.717, 1.165) is 19.3 Å². The van der Waals surface area contributed by atoms with Gasteiger partial charge >= 0.3 is 11.9 Å². The number of Topliss-reactive ketones (excluding diaryl/α,β-unsaturated/α-hetero) is 1. The van der Waals surface area contributed by atoms with Gasteiger partial charge in [-0.05, 0) is 24.1 Å². The third kappa shape index (κ3) is 3.09. The highest BCUT2D eigenvalue weighted by Crippen LogP contribution is 2.52. The fraction of sp³-hybridized carbons (Fsp3) is 0.318. The monoisotopic (exact) mass is 458 g/mol. The van der Waals surface area contributed by atoms with Gasteiger partial charge in [-0.3, -0.25) is 14.4 Å². The maximum Gasteiger partial charge on any atom is 0.303 e. The Morgan fingerprint density at radius 3 is 2.36 bits per heavy atom. The quantitative estimate of drug-likeness (QED) is 0.186. The van der Waals surface area contributed by atoms with Crippen molar-refractivity contribution in [2.75, 3.05) is 0 Å². The summed E-state index contributed by atoms with van der Waals surface area (Å²) in [5, 5.41) is 46.2. The second kappa shape index (κ2) is 7.52. The summed E-state index contributed by atoms with van der Waals surface area (Å²) >= 11 is 0. The number of ketones is 1. The van der Waals surface area contributed by atoms with Crippen LogP contribution < -0.4 is 16.4 Å². The molecule has 0 heterocycles. The number of phenols is 1. The lowest BCUT2D eigenvalue weighted by molar-refractivity contribution is -0.616. The van der Waals surface area contributed by atoms with E-state index in [1.165, 1.54) is 25.1 Å². The molecule has 0 aromatic heterocycles. The summed E-state index contributed by atoms with van der Waals surface area (Å²) in [5.74, 6) is 2.31. The summed E-state index contributed by atoms with van der Waals surface area (Å²) in [6.07, 6.45) is -4.95. The lowest BCUT2D eigenvalue weighted by Gasteiger charge is -2.45. The molecule has 0 bridgehead atoms. The van der Waals surface area contributed by atoms with Crippen LogP contribution in [0.2, 0.25) is 0 Å². The summed E-state index contributed by atoms with van der Waals surface area (Å²) in [6.45, 7) is 3.34. The van der Waals surface area contributed by atoms with Crippen LogP contribution in [0, 0.1) is 0 Å². The molecule has 0 amide bonds. The predicted octanol–water partition coefficient (Wildman–Crippen LogP) is -2.35. The van der Waals surface area contributed by atoms with Gasteiger partial charge in [0, 0.05) is 19.4 Å². The van der Waals surface area contributed by atoms with Crippen LogP contribution in [-0.2, 0) is 19.1 Å². The van der Waals surface area contributed by atoms with Crippen molar-refractivity contribution < 1.29 is 49.7 Å². The van der Waals surface area contributed by atoms with Gasteiger partial charge in [0.2, 0.25) is 5.78 Å². The van der Waals surface area contributed by atoms with Crippen LogP contribution in [0.1, 0.15) is 36.7 Å². The molecule has 3 aliphatic rings. The SMILES string of the molecule is CC(=O)O[C@@H]1C2=C(C3=C([O-])c4cccc(O)c4C(=O)C3=C2[NH2+]N)[C@H](O)[C@@H](OC(C)=O)[C@]1(C)O. The van der Waals surface area contributed by atoms with Crippen LogP contribution in [0.15, 0.2) is 46.2 Å². The topological polar surface area (TPSA) is 196 Å².